The van der Waals surface area contributed by atoms with Crippen LogP contribution in [0.2, 0.25) is 0 Å². The third kappa shape index (κ3) is 7.18. The molecular weight excluding hydrogens is 498 g/mol. The van der Waals surface area contributed by atoms with E-state index in [4.69, 9.17) is 4.74 Å². The molecule has 0 spiro atoms. The molecular formula is C34H37N3O3. The Labute approximate surface area is 237 Å². The first-order chi connectivity index (χ1) is 19.4. The van der Waals surface area contributed by atoms with E-state index in [2.05, 4.69) is 6.07 Å². The number of amides is 1. The molecule has 0 radical (unpaired) electrons. The van der Waals surface area contributed by atoms with E-state index in [1.54, 1.807) is 13.0 Å². The molecule has 1 fully saturated rings. The summed E-state index contributed by atoms with van der Waals surface area (Å²) in [6.07, 6.45) is 8.18. The van der Waals surface area contributed by atoms with Crippen molar-refractivity contribution in [2.24, 2.45) is 5.92 Å². The Morgan fingerprint density at radius 1 is 0.975 bits per heavy atom. The van der Waals surface area contributed by atoms with Gasteiger partial charge in [-0.05, 0) is 78.4 Å². The summed E-state index contributed by atoms with van der Waals surface area (Å²) in [7, 11) is 3.99. The molecule has 3 aromatic carbocycles. The van der Waals surface area contributed by atoms with Gasteiger partial charge in [0.05, 0.1) is 24.8 Å². The number of hydrogen-bond acceptors (Lipinski definition) is 5. The van der Waals surface area contributed by atoms with E-state index in [0.717, 1.165) is 59.3 Å². The molecule has 0 unspecified atom stereocenters. The highest BCUT2D eigenvalue weighted by Gasteiger charge is 2.27. The number of hydrogen-bond donors (Lipinski definition) is 0. The zero-order chi connectivity index (χ0) is 28.5. The zero-order valence-electron chi connectivity index (χ0n) is 23.6. The SMILES string of the molecule is CCOC(=O)/C=C/c1cccc(N(Cc2ccc(-c3ccc(N(C)C)cc3)c(C#N)c2)C(=O)C2CCCCC2)c1. The third-order valence-electron chi connectivity index (χ3n) is 7.34. The lowest BCUT2D eigenvalue weighted by molar-refractivity contribution is -0.137. The molecule has 1 aliphatic carbocycles. The van der Waals surface area contributed by atoms with Crippen LogP contribution in [0.1, 0.15) is 55.7 Å². The fourth-order valence-corrected chi connectivity index (χ4v) is 5.17. The summed E-state index contributed by atoms with van der Waals surface area (Å²) in [5, 5.41) is 10.0. The second-order valence-electron chi connectivity index (χ2n) is 10.4. The molecule has 0 aliphatic heterocycles. The Bertz CT molecular complexity index is 1400. The van der Waals surface area contributed by atoms with Crippen molar-refractivity contribution in [3.8, 4) is 17.2 Å². The van der Waals surface area contributed by atoms with E-state index in [-0.39, 0.29) is 11.8 Å². The van der Waals surface area contributed by atoms with Crippen LogP contribution < -0.4 is 9.80 Å². The minimum atomic E-state index is -0.400. The molecule has 0 N–H and O–H groups in total. The van der Waals surface area contributed by atoms with Crippen LogP contribution in [0, 0.1) is 17.2 Å². The Morgan fingerprint density at radius 3 is 2.40 bits per heavy atom. The molecule has 1 aliphatic rings. The minimum absolute atomic E-state index is 0.0163. The summed E-state index contributed by atoms with van der Waals surface area (Å²) < 4.78 is 5.00. The van der Waals surface area contributed by atoms with Gasteiger partial charge in [0, 0.05) is 37.5 Å². The predicted octanol–water partition coefficient (Wildman–Crippen LogP) is 6.98. The molecule has 6 nitrogen and oxygen atoms in total. The summed E-state index contributed by atoms with van der Waals surface area (Å²) in [6.45, 7) is 2.44. The summed E-state index contributed by atoms with van der Waals surface area (Å²) in [5.74, 6) is -0.311. The number of anilines is 2. The van der Waals surface area contributed by atoms with Crippen LogP contribution in [0.5, 0.6) is 0 Å². The van der Waals surface area contributed by atoms with Crippen molar-refractivity contribution in [1.29, 1.82) is 5.26 Å². The molecule has 0 aromatic heterocycles. The van der Waals surface area contributed by atoms with E-state index in [0.29, 0.717) is 18.7 Å². The monoisotopic (exact) mass is 535 g/mol. The van der Waals surface area contributed by atoms with Gasteiger partial charge in [0.15, 0.2) is 0 Å². The number of benzene rings is 3. The van der Waals surface area contributed by atoms with Crippen molar-refractivity contribution in [3.63, 3.8) is 0 Å². The Morgan fingerprint density at radius 2 is 1.73 bits per heavy atom. The molecule has 1 saturated carbocycles. The predicted molar refractivity (Wildman–Crippen MR) is 161 cm³/mol. The average Bonchev–Trinajstić information content (AvgIpc) is 2.99. The van der Waals surface area contributed by atoms with Gasteiger partial charge in [-0.2, -0.15) is 5.26 Å². The maximum Gasteiger partial charge on any atom is 0.330 e. The summed E-state index contributed by atoms with van der Waals surface area (Å²) in [4.78, 5) is 29.6. The van der Waals surface area contributed by atoms with Crippen molar-refractivity contribution in [2.45, 2.75) is 45.6 Å². The second kappa shape index (κ2) is 13.6. The first-order valence-corrected chi connectivity index (χ1v) is 14.0. The van der Waals surface area contributed by atoms with Crippen molar-refractivity contribution >= 4 is 29.3 Å². The van der Waals surface area contributed by atoms with Crippen LogP contribution >= 0.6 is 0 Å². The molecule has 0 saturated heterocycles. The highest BCUT2D eigenvalue weighted by Crippen LogP contribution is 2.31. The highest BCUT2D eigenvalue weighted by molar-refractivity contribution is 5.95. The number of nitriles is 1. The topological polar surface area (TPSA) is 73.6 Å². The smallest absolute Gasteiger partial charge is 0.330 e. The summed E-state index contributed by atoms with van der Waals surface area (Å²) >= 11 is 0. The summed E-state index contributed by atoms with van der Waals surface area (Å²) in [5.41, 5.74) is 5.98. The van der Waals surface area contributed by atoms with Crippen LogP contribution in [0.15, 0.2) is 72.8 Å². The van der Waals surface area contributed by atoms with Crippen molar-refractivity contribution in [1.82, 2.24) is 0 Å². The summed E-state index contributed by atoms with van der Waals surface area (Å²) in [6, 6.07) is 24.0. The molecule has 0 atom stereocenters. The van der Waals surface area contributed by atoms with Crippen LogP contribution in [0.4, 0.5) is 11.4 Å². The number of nitrogens with zero attached hydrogens (tertiary/aromatic N) is 3. The van der Waals surface area contributed by atoms with Crippen LogP contribution in [-0.4, -0.2) is 32.6 Å². The van der Waals surface area contributed by atoms with E-state index >= 15 is 0 Å². The Hall–Kier alpha value is -4.37. The van der Waals surface area contributed by atoms with Gasteiger partial charge >= 0.3 is 5.97 Å². The van der Waals surface area contributed by atoms with Crippen molar-refractivity contribution in [2.75, 3.05) is 30.5 Å². The Balaban J connectivity index is 1.65. The molecule has 206 valence electrons. The molecule has 0 heterocycles. The van der Waals surface area contributed by atoms with Gasteiger partial charge in [-0.15, -0.1) is 0 Å². The van der Waals surface area contributed by atoms with Gasteiger partial charge in [-0.1, -0.05) is 55.7 Å². The largest absolute Gasteiger partial charge is 0.463 e. The fourth-order valence-electron chi connectivity index (χ4n) is 5.17. The molecule has 4 rings (SSSR count). The average molecular weight is 536 g/mol. The number of carbonyl (C=O) groups is 2. The number of rotatable bonds is 9. The van der Waals surface area contributed by atoms with Crippen LogP contribution in [0.25, 0.3) is 17.2 Å². The maximum absolute atomic E-state index is 13.9. The number of esters is 1. The number of carbonyl (C=O) groups excluding carboxylic acids is 2. The number of ether oxygens (including phenoxy) is 1. The van der Waals surface area contributed by atoms with Crippen LogP contribution in [-0.2, 0) is 20.9 Å². The lowest BCUT2D eigenvalue weighted by Gasteiger charge is -2.30. The van der Waals surface area contributed by atoms with Crippen molar-refractivity contribution < 1.29 is 14.3 Å². The van der Waals surface area contributed by atoms with Gasteiger partial charge in [-0.25, -0.2) is 4.79 Å². The second-order valence-corrected chi connectivity index (χ2v) is 10.4. The lowest BCUT2D eigenvalue weighted by atomic mass is 9.88. The fraction of sp³-hybridized carbons (Fsp3) is 0.324. The van der Waals surface area contributed by atoms with Gasteiger partial charge in [0.25, 0.3) is 0 Å². The Kier molecular flexibility index (Phi) is 9.75. The maximum atomic E-state index is 13.9. The van der Waals surface area contributed by atoms with E-state index in [9.17, 15) is 14.9 Å². The highest BCUT2D eigenvalue weighted by atomic mass is 16.5. The van der Waals surface area contributed by atoms with Gasteiger partial charge in [0.2, 0.25) is 5.91 Å². The van der Waals surface area contributed by atoms with Gasteiger partial charge in [0.1, 0.15) is 0 Å². The van der Waals surface area contributed by atoms with Gasteiger partial charge < -0.3 is 14.5 Å². The molecule has 3 aromatic rings. The standard InChI is InChI=1S/C34H37N3O3/c1-4-40-33(38)20-14-25-9-8-12-31(22-25)37(34(39)28-10-6-5-7-11-28)24-26-13-19-32(29(21-26)23-35)27-15-17-30(18-16-27)36(2)3/h8-9,12-22,28H,4-7,10-11,24H2,1-3H3/b20-14+. The lowest BCUT2D eigenvalue weighted by Crippen LogP contribution is -2.36. The molecule has 6 heteroatoms. The first kappa shape index (κ1) is 28.6. The normalized spacial score (nSPS) is 13.6. The van der Waals surface area contributed by atoms with E-state index in [1.165, 1.54) is 12.5 Å². The van der Waals surface area contributed by atoms with Crippen LogP contribution in [0.3, 0.4) is 0 Å². The van der Waals surface area contributed by atoms with E-state index in [1.807, 2.05) is 90.6 Å². The quantitative estimate of drug-likeness (QED) is 0.218. The molecule has 1 amide bonds. The van der Waals surface area contributed by atoms with Gasteiger partial charge in [-0.3, -0.25) is 4.79 Å². The zero-order valence-corrected chi connectivity index (χ0v) is 23.6. The third-order valence-corrected chi connectivity index (χ3v) is 7.34. The first-order valence-electron chi connectivity index (χ1n) is 14.0. The molecule has 0 bridgehead atoms. The van der Waals surface area contributed by atoms with Crippen molar-refractivity contribution in [3.05, 3.63) is 89.5 Å². The molecule has 40 heavy (non-hydrogen) atoms. The van der Waals surface area contributed by atoms with E-state index < -0.39 is 5.97 Å². The minimum Gasteiger partial charge on any atom is -0.463 e.